The molecule has 1 N–H and O–H groups in total. The highest BCUT2D eigenvalue weighted by molar-refractivity contribution is 7.92. The average Bonchev–Trinajstić information content (AvgIpc) is 2.32. The summed E-state index contributed by atoms with van der Waals surface area (Å²) in [4.78, 5) is 11.0. The number of amides is 1. The fourth-order valence-corrected chi connectivity index (χ4v) is 1.93. The van der Waals surface area contributed by atoms with E-state index in [9.17, 15) is 9.35 Å². The highest BCUT2D eigenvalue weighted by atomic mass is 32.2. The molecule has 0 saturated carbocycles. The molecule has 0 aliphatic carbocycles. The molecular formula is C6H11NO3S. The first-order chi connectivity index (χ1) is 5.16. The summed E-state index contributed by atoms with van der Waals surface area (Å²) in [6.45, 7) is 1.75. The van der Waals surface area contributed by atoms with Gasteiger partial charge < -0.3 is 14.6 Å². The molecule has 1 aliphatic heterocycles. The Hall–Kier alpha value is -0.260. The van der Waals surface area contributed by atoms with Crippen LogP contribution in [0.5, 0.6) is 0 Å². The molecule has 64 valence electrons. The van der Waals surface area contributed by atoms with Crippen LogP contribution in [0, 0.1) is 0 Å². The summed E-state index contributed by atoms with van der Waals surface area (Å²) < 4.78 is 16.0. The second-order valence-electron chi connectivity index (χ2n) is 2.41. The second kappa shape index (κ2) is 3.42. The molecule has 0 bridgehead atoms. The van der Waals surface area contributed by atoms with Crippen LogP contribution in [-0.2, 0) is 20.7 Å². The summed E-state index contributed by atoms with van der Waals surface area (Å²) in [5.74, 6) is -0.0115. The minimum Gasteiger partial charge on any atom is -0.614 e. The molecule has 0 spiro atoms. The summed E-state index contributed by atoms with van der Waals surface area (Å²) in [6.07, 6.45) is -0.527. The highest BCUT2D eigenvalue weighted by Gasteiger charge is 2.40. The number of ether oxygens (including phenoxy) is 1. The lowest BCUT2D eigenvalue weighted by atomic mass is 10.2. The van der Waals surface area contributed by atoms with Crippen molar-refractivity contribution in [3.8, 4) is 0 Å². The average molecular weight is 177 g/mol. The largest absolute Gasteiger partial charge is 0.614 e. The van der Waals surface area contributed by atoms with Gasteiger partial charge in [-0.2, -0.15) is 0 Å². The molecule has 4 nitrogen and oxygen atoms in total. The van der Waals surface area contributed by atoms with Gasteiger partial charge >= 0.3 is 0 Å². The third-order valence-corrected chi connectivity index (χ3v) is 3.15. The van der Waals surface area contributed by atoms with Gasteiger partial charge in [0.25, 0.3) is 5.91 Å². The predicted molar refractivity (Wildman–Crippen MR) is 41.4 cm³/mol. The number of hydrogen-bond acceptors (Lipinski definition) is 3. The molecule has 1 heterocycles. The Labute approximate surface area is 68.5 Å². The third kappa shape index (κ3) is 1.66. The molecule has 0 aromatic carbocycles. The topological polar surface area (TPSA) is 61.4 Å². The maximum absolute atomic E-state index is 11.0. The molecule has 1 aliphatic rings. The Balaban J connectivity index is 2.54. The van der Waals surface area contributed by atoms with E-state index in [0.717, 1.165) is 0 Å². The molecule has 1 saturated heterocycles. The van der Waals surface area contributed by atoms with E-state index in [-0.39, 0.29) is 17.1 Å². The van der Waals surface area contributed by atoms with E-state index in [1.165, 1.54) is 0 Å². The molecule has 5 heteroatoms. The Bertz CT molecular complexity index is 164. The van der Waals surface area contributed by atoms with Crippen molar-refractivity contribution in [2.75, 3.05) is 13.0 Å². The van der Waals surface area contributed by atoms with Gasteiger partial charge in [0, 0.05) is 7.05 Å². The molecule has 1 rings (SSSR count). The van der Waals surface area contributed by atoms with Crippen LogP contribution in [0.15, 0.2) is 0 Å². The van der Waals surface area contributed by atoms with Crippen LogP contribution in [-0.4, -0.2) is 34.8 Å². The first-order valence-electron chi connectivity index (χ1n) is 3.37. The Morgan fingerprint density at radius 3 is 2.82 bits per heavy atom. The maximum Gasteiger partial charge on any atom is 0.254 e. The van der Waals surface area contributed by atoms with E-state index in [0.29, 0.717) is 0 Å². The fourth-order valence-electron chi connectivity index (χ4n) is 0.952. The number of carbonyl (C=O) groups excluding carboxylic acids is 1. The smallest absolute Gasteiger partial charge is 0.254 e. The van der Waals surface area contributed by atoms with Crippen LogP contribution < -0.4 is 5.32 Å². The quantitative estimate of drug-likeness (QED) is 0.535. The van der Waals surface area contributed by atoms with Gasteiger partial charge in [0.15, 0.2) is 11.4 Å². The molecule has 3 atom stereocenters. The van der Waals surface area contributed by atoms with Gasteiger partial charge in [-0.15, -0.1) is 0 Å². The molecule has 0 aromatic heterocycles. The van der Waals surface area contributed by atoms with Gasteiger partial charge in [-0.3, -0.25) is 4.79 Å². The number of carbonyl (C=O) groups is 1. The minimum absolute atomic E-state index is 0.180. The van der Waals surface area contributed by atoms with Crippen molar-refractivity contribution in [1.82, 2.24) is 5.32 Å². The van der Waals surface area contributed by atoms with Crippen LogP contribution >= 0.6 is 0 Å². The van der Waals surface area contributed by atoms with Crippen LogP contribution in [0.4, 0.5) is 0 Å². The van der Waals surface area contributed by atoms with Crippen LogP contribution in [0.2, 0.25) is 0 Å². The maximum atomic E-state index is 11.0. The molecule has 1 fully saturated rings. The summed E-state index contributed by atoms with van der Waals surface area (Å²) in [5, 5.41) is 2.27. The zero-order valence-corrected chi connectivity index (χ0v) is 7.31. The van der Waals surface area contributed by atoms with Crippen molar-refractivity contribution in [2.45, 2.75) is 18.3 Å². The van der Waals surface area contributed by atoms with E-state index >= 15 is 0 Å². The number of rotatable bonds is 1. The zero-order valence-electron chi connectivity index (χ0n) is 6.49. The monoisotopic (exact) mass is 177 g/mol. The number of nitrogens with one attached hydrogen (secondary N) is 1. The minimum atomic E-state index is -1.00. The summed E-state index contributed by atoms with van der Waals surface area (Å²) in [5.41, 5.74) is 0. The van der Waals surface area contributed by atoms with Crippen LogP contribution in [0.1, 0.15) is 6.92 Å². The summed E-state index contributed by atoms with van der Waals surface area (Å²) >= 11 is -1.00. The van der Waals surface area contributed by atoms with Crippen molar-refractivity contribution in [3.05, 3.63) is 0 Å². The van der Waals surface area contributed by atoms with E-state index in [2.05, 4.69) is 5.32 Å². The lowest BCUT2D eigenvalue weighted by Gasteiger charge is -2.10. The van der Waals surface area contributed by atoms with Gasteiger partial charge in [-0.25, -0.2) is 0 Å². The third-order valence-electron chi connectivity index (χ3n) is 1.71. The molecule has 1 amide bonds. The summed E-state index contributed by atoms with van der Waals surface area (Å²) in [6, 6.07) is 0. The van der Waals surface area contributed by atoms with Gasteiger partial charge in [-0.05, 0) is 18.1 Å². The van der Waals surface area contributed by atoms with Gasteiger partial charge in [0.1, 0.15) is 0 Å². The summed E-state index contributed by atoms with van der Waals surface area (Å²) in [7, 11) is 1.54. The second-order valence-corrected chi connectivity index (χ2v) is 4.15. The van der Waals surface area contributed by atoms with Crippen molar-refractivity contribution >= 4 is 17.1 Å². The van der Waals surface area contributed by atoms with Gasteiger partial charge in [0.2, 0.25) is 5.94 Å². The van der Waals surface area contributed by atoms with Crippen molar-refractivity contribution in [2.24, 2.45) is 0 Å². The van der Waals surface area contributed by atoms with Crippen LogP contribution in [0.25, 0.3) is 0 Å². The SMILES string of the molecule is CNC(=O)C1OC[S+]([O-])C1C. The van der Waals surface area contributed by atoms with E-state index in [1.54, 1.807) is 14.0 Å². The zero-order chi connectivity index (χ0) is 8.43. The Kier molecular flexibility index (Phi) is 2.75. The fraction of sp³-hybridized carbons (Fsp3) is 0.833. The predicted octanol–water partition coefficient (Wildman–Crippen LogP) is -0.774. The Morgan fingerprint density at radius 2 is 2.45 bits per heavy atom. The van der Waals surface area contributed by atoms with E-state index in [1.807, 2.05) is 0 Å². The standard InChI is InChI=1S/C6H11NO3S/c1-4-5(6(8)7-2)10-3-11(4)9/h4-5H,3H2,1-2H3,(H,7,8). The van der Waals surface area contributed by atoms with Crippen LogP contribution in [0.3, 0.4) is 0 Å². The van der Waals surface area contributed by atoms with Crippen molar-refractivity contribution < 1.29 is 14.1 Å². The molecule has 0 aromatic rings. The van der Waals surface area contributed by atoms with Gasteiger partial charge in [-0.1, -0.05) is 0 Å². The normalized spacial score (nSPS) is 37.2. The Morgan fingerprint density at radius 1 is 1.82 bits per heavy atom. The molecule has 0 radical (unpaired) electrons. The number of likely N-dealkylation sites (N-methyl/N-ethyl adjacent to an activating group) is 1. The molecular weight excluding hydrogens is 166 g/mol. The van der Waals surface area contributed by atoms with E-state index < -0.39 is 17.3 Å². The van der Waals surface area contributed by atoms with E-state index in [4.69, 9.17) is 4.74 Å². The van der Waals surface area contributed by atoms with Gasteiger partial charge in [0.05, 0.1) is 0 Å². The first-order valence-corrected chi connectivity index (χ1v) is 4.75. The van der Waals surface area contributed by atoms with Crippen molar-refractivity contribution in [1.29, 1.82) is 0 Å². The first kappa shape index (κ1) is 8.83. The van der Waals surface area contributed by atoms with Crippen molar-refractivity contribution in [3.63, 3.8) is 0 Å². The molecule has 11 heavy (non-hydrogen) atoms. The number of hydrogen-bond donors (Lipinski definition) is 1. The lowest BCUT2D eigenvalue weighted by Crippen LogP contribution is -2.38. The molecule has 3 unspecified atom stereocenters. The highest BCUT2D eigenvalue weighted by Crippen LogP contribution is 2.19. The lowest BCUT2D eigenvalue weighted by molar-refractivity contribution is -0.129.